The first kappa shape index (κ1) is 19.4. The summed E-state index contributed by atoms with van der Waals surface area (Å²) in [5, 5.41) is 0. The summed E-state index contributed by atoms with van der Waals surface area (Å²) in [7, 11) is -5.74. The molecule has 144 valence electrons. The molecule has 0 saturated carbocycles. The van der Waals surface area contributed by atoms with Gasteiger partial charge in [0.25, 0.3) is 0 Å². The van der Waals surface area contributed by atoms with Gasteiger partial charge in [0.1, 0.15) is 11.9 Å². The molecule has 0 unspecified atom stereocenters. The van der Waals surface area contributed by atoms with E-state index in [1.54, 1.807) is 30.3 Å². The van der Waals surface area contributed by atoms with Gasteiger partial charge in [-0.2, -0.15) is 21.6 Å². The molecular formula is C19H17F3O4S. The van der Waals surface area contributed by atoms with Gasteiger partial charge in [0.15, 0.2) is 0 Å². The molecule has 0 aromatic heterocycles. The van der Waals surface area contributed by atoms with Crippen LogP contribution in [-0.4, -0.2) is 13.9 Å². The molecule has 0 aliphatic carbocycles. The van der Waals surface area contributed by atoms with Crippen LogP contribution in [-0.2, 0) is 19.0 Å². The van der Waals surface area contributed by atoms with Crippen LogP contribution in [0.25, 0.3) is 0 Å². The Labute approximate surface area is 155 Å². The van der Waals surface area contributed by atoms with Gasteiger partial charge in [-0.15, -0.1) is 0 Å². The predicted octanol–water partition coefficient (Wildman–Crippen LogP) is 5.03. The highest BCUT2D eigenvalue weighted by Crippen LogP contribution is 2.46. The number of hydrogen-bond donors (Lipinski definition) is 0. The van der Waals surface area contributed by atoms with Crippen LogP contribution < -0.4 is 0 Å². The van der Waals surface area contributed by atoms with E-state index in [9.17, 15) is 21.6 Å². The molecular weight excluding hydrogens is 381 g/mol. The molecule has 27 heavy (non-hydrogen) atoms. The smallest absolute Gasteiger partial charge is 0.381 e. The van der Waals surface area contributed by atoms with E-state index in [4.69, 9.17) is 4.74 Å². The lowest BCUT2D eigenvalue weighted by Crippen LogP contribution is -2.25. The van der Waals surface area contributed by atoms with Gasteiger partial charge in [-0.05, 0) is 18.1 Å². The van der Waals surface area contributed by atoms with Crippen LogP contribution in [0.3, 0.4) is 0 Å². The van der Waals surface area contributed by atoms with Gasteiger partial charge >= 0.3 is 15.6 Å². The first-order chi connectivity index (χ1) is 12.7. The van der Waals surface area contributed by atoms with Crippen LogP contribution in [0.5, 0.6) is 0 Å². The Morgan fingerprint density at radius 1 is 1.00 bits per heavy atom. The number of hydrogen-bond acceptors (Lipinski definition) is 4. The molecule has 3 rings (SSSR count). The van der Waals surface area contributed by atoms with Crippen LogP contribution in [0.4, 0.5) is 13.2 Å². The lowest BCUT2D eigenvalue weighted by molar-refractivity contribution is -0.0522. The van der Waals surface area contributed by atoms with Crippen LogP contribution >= 0.6 is 0 Å². The van der Waals surface area contributed by atoms with E-state index >= 15 is 0 Å². The average molecular weight is 398 g/mol. The Morgan fingerprint density at radius 3 is 2.04 bits per heavy atom. The van der Waals surface area contributed by atoms with Crippen molar-refractivity contribution in [3.8, 4) is 0 Å². The highest BCUT2D eigenvalue weighted by molar-refractivity contribution is 7.87. The first-order valence-electron chi connectivity index (χ1n) is 8.15. The highest BCUT2D eigenvalue weighted by Gasteiger charge is 2.49. The fourth-order valence-corrected chi connectivity index (χ4v) is 3.50. The summed E-state index contributed by atoms with van der Waals surface area (Å²) in [6.07, 6.45) is -0.888. The maximum atomic E-state index is 12.7. The molecule has 1 heterocycles. The topological polar surface area (TPSA) is 52.6 Å². The molecule has 0 spiro atoms. The molecule has 1 saturated heterocycles. The number of ether oxygens (including phenoxy) is 1. The number of benzene rings is 2. The van der Waals surface area contributed by atoms with E-state index in [0.717, 1.165) is 5.56 Å². The zero-order valence-corrected chi connectivity index (χ0v) is 15.1. The molecule has 4 nitrogen and oxygen atoms in total. The van der Waals surface area contributed by atoms with Crippen molar-refractivity contribution in [1.82, 2.24) is 0 Å². The average Bonchev–Trinajstić information content (AvgIpc) is 3.07. The fraction of sp³-hybridized carbons (Fsp3) is 0.263. The maximum absolute atomic E-state index is 12.7. The molecule has 0 bridgehead atoms. The summed E-state index contributed by atoms with van der Waals surface area (Å²) in [4.78, 5) is 0. The summed E-state index contributed by atoms with van der Waals surface area (Å²) in [6, 6.07) is 18.1. The largest absolute Gasteiger partial charge is 0.534 e. The molecule has 1 aliphatic rings. The number of allylic oxidation sites excluding steroid dienone is 1. The van der Waals surface area contributed by atoms with Gasteiger partial charge in [0.2, 0.25) is 0 Å². The van der Waals surface area contributed by atoms with Crippen LogP contribution in [0.2, 0.25) is 0 Å². The van der Waals surface area contributed by atoms with Gasteiger partial charge in [-0.1, -0.05) is 60.7 Å². The summed E-state index contributed by atoms with van der Waals surface area (Å²) < 4.78 is 71.2. The Kier molecular flexibility index (Phi) is 5.30. The van der Waals surface area contributed by atoms with Crippen molar-refractivity contribution in [3.05, 3.63) is 83.1 Å². The molecule has 0 radical (unpaired) electrons. The molecule has 0 N–H and O–H groups in total. The third-order valence-corrected chi connectivity index (χ3v) is 5.30. The van der Waals surface area contributed by atoms with E-state index < -0.39 is 27.8 Å². The lowest BCUT2D eigenvalue weighted by atomic mass is 9.97. The fourth-order valence-electron chi connectivity index (χ4n) is 2.97. The zero-order chi connectivity index (χ0) is 19.7. The quantitative estimate of drug-likeness (QED) is 0.412. The Bertz CT molecular complexity index is 922. The number of alkyl halides is 3. The maximum Gasteiger partial charge on any atom is 0.534 e. The minimum absolute atomic E-state index is 0.225. The molecule has 1 aliphatic heterocycles. The van der Waals surface area contributed by atoms with Gasteiger partial charge in [0, 0.05) is 12.0 Å². The molecule has 0 amide bonds. The molecule has 2 atom stereocenters. The monoisotopic (exact) mass is 398 g/mol. The van der Waals surface area contributed by atoms with Crippen LogP contribution in [0, 0.1) is 0 Å². The summed E-state index contributed by atoms with van der Waals surface area (Å²) in [5.41, 5.74) is -3.57. The van der Waals surface area contributed by atoms with Crippen molar-refractivity contribution in [2.45, 2.75) is 31.1 Å². The molecule has 1 fully saturated rings. The van der Waals surface area contributed by atoms with Crippen molar-refractivity contribution >= 4 is 10.1 Å². The molecule has 2 aromatic carbocycles. The third-order valence-electron chi connectivity index (χ3n) is 4.27. The van der Waals surface area contributed by atoms with Crippen LogP contribution in [0.15, 0.2) is 72.0 Å². The van der Waals surface area contributed by atoms with Crippen molar-refractivity contribution < 1.29 is 30.5 Å². The standard InChI is InChI=1S/C19H17F3O4S/c1-13(26-27(23,24)19(20,21)22)16-12-17(14-8-4-2-5-9-14)25-18(16)15-10-6-3-7-11-15/h2-11,17-18H,12H2,1H3/t17-,18-/m1/s1. The van der Waals surface area contributed by atoms with E-state index in [1.807, 2.05) is 30.3 Å². The lowest BCUT2D eigenvalue weighted by Gasteiger charge is -2.16. The zero-order valence-electron chi connectivity index (χ0n) is 14.3. The second-order valence-electron chi connectivity index (χ2n) is 6.09. The van der Waals surface area contributed by atoms with Crippen molar-refractivity contribution in [2.24, 2.45) is 0 Å². The van der Waals surface area contributed by atoms with E-state index in [1.165, 1.54) is 6.92 Å². The Morgan fingerprint density at radius 2 is 1.52 bits per heavy atom. The van der Waals surface area contributed by atoms with Crippen molar-refractivity contribution in [2.75, 3.05) is 0 Å². The SMILES string of the molecule is CC(OS(=O)(=O)C(F)(F)F)=C1C[C@H](c2ccccc2)O[C@@H]1c1ccccc1. The molecule has 8 heteroatoms. The summed E-state index contributed by atoms with van der Waals surface area (Å²) >= 11 is 0. The normalized spacial score (nSPS) is 22.5. The van der Waals surface area contributed by atoms with Gasteiger partial charge in [-0.3, -0.25) is 0 Å². The highest BCUT2D eigenvalue weighted by atomic mass is 32.2. The number of rotatable bonds is 4. The van der Waals surface area contributed by atoms with Gasteiger partial charge < -0.3 is 8.92 Å². The van der Waals surface area contributed by atoms with Crippen LogP contribution in [0.1, 0.15) is 36.7 Å². The first-order valence-corrected chi connectivity index (χ1v) is 9.55. The number of halogens is 3. The van der Waals surface area contributed by atoms with Gasteiger partial charge in [-0.25, -0.2) is 0 Å². The third kappa shape index (κ3) is 4.17. The molecule has 2 aromatic rings. The van der Waals surface area contributed by atoms with E-state index in [-0.39, 0.29) is 12.2 Å². The predicted molar refractivity (Wildman–Crippen MR) is 92.8 cm³/mol. The Balaban J connectivity index is 1.99. The van der Waals surface area contributed by atoms with Crippen molar-refractivity contribution in [1.29, 1.82) is 0 Å². The van der Waals surface area contributed by atoms with Crippen molar-refractivity contribution in [3.63, 3.8) is 0 Å². The Hall–Kier alpha value is -2.32. The minimum Gasteiger partial charge on any atom is -0.381 e. The summed E-state index contributed by atoms with van der Waals surface area (Å²) in [5.74, 6) is -0.320. The second kappa shape index (κ2) is 7.36. The second-order valence-corrected chi connectivity index (χ2v) is 7.63. The van der Waals surface area contributed by atoms with E-state index in [0.29, 0.717) is 11.1 Å². The minimum atomic E-state index is -5.74. The van der Waals surface area contributed by atoms with E-state index in [2.05, 4.69) is 4.18 Å². The van der Waals surface area contributed by atoms with Gasteiger partial charge in [0.05, 0.1) is 6.10 Å². The summed E-state index contributed by atoms with van der Waals surface area (Å²) in [6.45, 7) is 1.21.